The second-order valence-electron chi connectivity index (χ2n) is 10.5. The summed E-state index contributed by atoms with van der Waals surface area (Å²) in [6.45, 7) is 0.944. The van der Waals surface area contributed by atoms with E-state index in [0.29, 0.717) is 24.5 Å². The van der Waals surface area contributed by atoms with Crippen LogP contribution in [0.2, 0.25) is 0 Å². The van der Waals surface area contributed by atoms with Crippen molar-refractivity contribution in [3.63, 3.8) is 0 Å². The second-order valence-corrected chi connectivity index (χ2v) is 13.4. The van der Waals surface area contributed by atoms with E-state index in [-0.39, 0.29) is 6.03 Å². The van der Waals surface area contributed by atoms with Crippen LogP contribution in [0.1, 0.15) is 11.1 Å². The van der Waals surface area contributed by atoms with E-state index >= 15 is 0 Å². The van der Waals surface area contributed by atoms with Gasteiger partial charge in [-0.1, -0.05) is 127 Å². The molecule has 0 aliphatic heterocycles. The molecule has 6 rings (SSSR count). The van der Waals surface area contributed by atoms with Gasteiger partial charge in [0.05, 0.1) is 5.69 Å². The van der Waals surface area contributed by atoms with Crippen molar-refractivity contribution in [2.45, 2.75) is 13.1 Å². The summed E-state index contributed by atoms with van der Waals surface area (Å²) in [5.41, 5.74) is 2.74. The average Bonchev–Trinajstić information content (AvgIpc) is 3.10. The molecular formula is C39H34N2O2P+. The zero-order chi connectivity index (χ0) is 30.0. The first-order valence-corrected chi connectivity index (χ1v) is 16.4. The lowest BCUT2D eigenvalue weighted by Crippen LogP contribution is -2.36. The lowest BCUT2D eigenvalue weighted by molar-refractivity contribution is 0.206. The third-order valence-corrected chi connectivity index (χ3v) is 11.0. The van der Waals surface area contributed by atoms with Crippen LogP contribution in [0.25, 0.3) is 0 Å². The Labute approximate surface area is 260 Å². The molecule has 0 fully saturated rings. The minimum Gasteiger partial charge on any atom is -0.332 e. The maximum absolute atomic E-state index is 14.0. The number of amides is 2. The topological polar surface area (TPSA) is 41.6 Å². The molecular weight excluding hydrogens is 559 g/mol. The van der Waals surface area contributed by atoms with Crippen LogP contribution in [0.3, 0.4) is 0 Å². The molecule has 0 aromatic heterocycles. The van der Waals surface area contributed by atoms with Gasteiger partial charge in [-0.25, -0.2) is 4.79 Å². The minimum absolute atomic E-state index is 0.197. The molecule has 0 radical (unpaired) electrons. The molecule has 0 saturated heterocycles. The molecule has 0 atom stereocenters. The Morgan fingerprint density at radius 3 is 1.30 bits per heavy atom. The van der Waals surface area contributed by atoms with Crippen LogP contribution in [0.15, 0.2) is 176 Å². The third-order valence-electron chi connectivity index (χ3n) is 7.44. The summed E-state index contributed by atoms with van der Waals surface area (Å²) in [6.07, 6.45) is 0. The molecule has 6 aromatic rings. The van der Waals surface area contributed by atoms with Gasteiger partial charge in [-0.3, -0.25) is 0 Å². The molecule has 44 heavy (non-hydrogen) atoms. The van der Waals surface area contributed by atoms with Gasteiger partial charge in [-0.05, 0) is 59.7 Å². The highest BCUT2D eigenvalue weighted by atomic mass is 31.2. The summed E-state index contributed by atoms with van der Waals surface area (Å²) < 4.78 is 7.29. The Hall–Kier alpha value is -5.18. The van der Waals surface area contributed by atoms with E-state index in [2.05, 4.69) is 78.1 Å². The Bertz CT molecular complexity index is 1630. The van der Waals surface area contributed by atoms with Crippen LogP contribution in [-0.2, 0) is 13.1 Å². The molecule has 0 aliphatic carbocycles. The molecule has 1 N–H and O–H groups in total. The smallest absolute Gasteiger partial charge is 0.322 e. The Morgan fingerprint density at radius 2 is 0.864 bits per heavy atom. The molecule has 0 unspecified atom stereocenters. The van der Waals surface area contributed by atoms with Crippen molar-refractivity contribution < 1.29 is 9.32 Å². The highest BCUT2D eigenvalue weighted by Gasteiger charge is 2.50. The summed E-state index contributed by atoms with van der Waals surface area (Å²) in [5.74, 6) is 0.616. The van der Waals surface area contributed by atoms with E-state index in [9.17, 15) is 4.79 Å². The van der Waals surface area contributed by atoms with Crippen LogP contribution >= 0.6 is 7.49 Å². The van der Waals surface area contributed by atoms with Gasteiger partial charge >= 0.3 is 6.03 Å². The molecule has 4 nitrogen and oxygen atoms in total. The highest BCUT2D eigenvalue weighted by molar-refractivity contribution is 7.92. The van der Waals surface area contributed by atoms with Crippen molar-refractivity contribution in [1.82, 2.24) is 4.90 Å². The maximum atomic E-state index is 14.0. The zero-order valence-corrected chi connectivity index (χ0v) is 25.3. The number of nitrogens with zero attached hydrogens (tertiary/aromatic N) is 1. The number of hydrogen-bond acceptors (Lipinski definition) is 2. The number of benzene rings is 6. The lowest BCUT2D eigenvalue weighted by atomic mass is 10.2. The maximum Gasteiger partial charge on any atom is 0.322 e. The fourth-order valence-electron chi connectivity index (χ4n) is 5.32. The van der Waals surface area contributed by atoms with Gasteiger partial charge in [0, 0.05) is 13.1 Å². The Balaban J connectivity index is 1.39. The molecule has 0 heterocycles. The van der Waals surface area contributed by atoms with Crippen LogP contribution in [0.4, 0.5) is 10.5 Å². The van der Waals surface area contributed by atoms with Gasteiger partial charge in [0.25, 0.3) is 7.49 Å². The van der Waals surface area contributed by atoms with Gasteiger partial charge in [-0.15, -0.1) is 0 Å². The van der Waals surface area contributed by atoms with Gasteiger partial charge in [-0.2, -0.15) is 0 Å². The van der Waals surface area contributed by atoms with E-state index in [1.807, 2.05) is 108 Å². The normalized spacial score (nSPS) is 11.0. The number of anilines is 1. The SMILES string of the molecule is O=C(Nc1ccccc1O[P+](c1ccccc1)(c1ccccc1)c1ccccc1)N(Cc1ccccc1)Cc1ccccc1. The molecule has 0 aliphatic rings. The average molecular weight is 594 g/mol. The van der Waals surface area contributed by atoms with Crippen molar-refractivity contribution in [2.75, 3.05) is 5.32 Å². The van der Waals surface area contributed by atoms with Gasteiger partial charge in [0.2, 0.25) is 0 Å². The van der Waals surface area contributed by atoms with E-state index in [1.165, 1.54) is 0 Å². The molecule has 0 saturated carbocycles. The Kier molecular flexibility index (Phi) is 9.11. The fraction of sp³-hybridized carbons (Fsp3) is 0.0513. The molecule has 0 spiro atoms. The second kappa shape index (κ2) is 13.9. The first kappa shape index (κ1) is 28.9. The lowest BCUT2D eigenvalue weighted by Gasteiger charge is -2.28. The quantitative estimate of drug-likeness (QED) is 0.163. The summed E-state index contributed by atoms with van der Waals surface area (Å²) in [6, 6.07) is 58.9. The monoisotopic (exact) mass is 593 g/mol. The fourth-order valence-corrected chi connectivity index (χ4v) is 8.76. The van der Waals surface area contributed by atoms with Crippen molar-refractivity contribution in [1.29, 1.82) is 0 Å². The van der Waals surface area contributed by atoms with E-state index in [4.69, 9.17) is 4.52 Å². The third kappa shape index (κ3) is 6.57. The minimum atomic E-state index is -2.64. The van der Waals surface area contributed by atoms with Crippen LogP contribution < -0.4 is 25.8 Å². The molecule has 216 valence electrons. The van der Waals surface area contributed by atoms with E-state index in [1.54, 1.807) is 0 Å². The van der Waals surface area contributed by atoms with Crippen molar-refractivity contribution in [2.24, 2.45) is 0 Å². The summed E-state index contributed by atoms with van der Waals surface area (Å²) in [4.78, 5) is 15.8. The Morgan fingerprint density at radius 1 is 0.500 bits per heavy atom. The zero-order valence-electron chi connectivity index (χ0n) is 24.4. The first-order chi connectivity index (χ1) is 21.7. The first-order valence-electron chi connectivity index (χ1n) is 14.7. The van der Waals surface area contributed by atoms with Crippen molar-refractivity contribution >= 4 is 35.1 Å². The summed E-state index contributed by atoms with van der Waals surface area (Å²) >= 11 is 0. The van der Waals surface area contributed by atoms with Crippen LogP contribution in [-0.4, -0.2) is 10.9 Å². The van der Waals surface area contributed by atoms with Crippen molar-refractivity contribution in [3.8, 4) is 5.75 Å². The van der Waals surface area contributed by atoms with Gasteiger partial charge < -0.3 is 14.7 Å². The number of carbonyl (C=O) groups is 1. The van der Waals surface area contributed by atoms with Gasteiger partial charge in [0.1, 0.15) is 15.9 Å². The predicted octanol–water partition coefficient (Wildman–Crippen LogP) is 8.21. The molecule has 0 bridgehead atoms. The highest BCUT2D eigenvalue weighted by Crippen LogP contribution is 2.57. The predicted molar refractivity (Wildman–Crippen MR) is 183 cm³/mol. The molecule has 2 amide bonds. The van der Waals surface area contributed by atoms with Crippen molar-refractivity contribution in [3.05, 3.63) is 187 Å². The number of hydrogen-bond donors (Lipinski definition) is 1. The van der Waals surface area contributed by atoms with Crippen LogP contribution in [0.5, 0.6) is 5.75 Å². The number of urea groups is 1. The van der Waals surface area contributed by atoms with E-state index < -0.39 is 7.49 Å². The van der Waals surface area contributed by atoms with Gasteiger partial charge in [0.15, 0.2) is 5.75 Å². The largest absolute Gasteiger partial charge is 0.332 e. The molecule has 5 heteroatoms. The standard InChI is InChI=1S/C39H33N2O2P/c42-39(41(30-32-18-6-1-7-19-32)31-33-20-8-2-9-21-33)40-37-28-16-17-29-38(37)43-44(34-22-10-3-11-23-34,35-24-12-4-13-25-35)36-26-14-5-15-27-36/h1-29H,30-31H2/p+1. The molecule has 6 aromatic carbocycles. The number of para-hydroxylation sites is 2. The van der Waals surface area contributed by atoms with Crippen LogP contribution in [0, 0.1) is 0 Å². The number of carbonyl (C=O) groups excluding carboxylic acids is 1. The van der Waals surface area contributed by atoms with E-state index in [0.717, 1.165) is 27.0 Å². The summed E-state index contributed by atoms with van der Waals surface area (Å²) in [5, 5.41) is 6.48. The number of nitrogens with one attached hydrogen (secondary N) is 1. The summed E-state index contributed by atoms with van der Waals surface area (Å²) in [7, 11) is -2.64. The number of rotatable bonds is 10.